The first kappa shape index (κ1) is 18.0. The van der Waals surface area contributed by atoms with Crippen molar-refractivity contribution >= 4 is 0 Å². The third-order valence-electron chi connectivity index (χ3n) is 4.23. The molecule has 1 N–H and O–H groups in total. The van der Waals surface area contributed by atoms with Crippen LogP contribution in [0.5, 0.6) is 11.5 Å². The fourth-order valence-electron chi connectivity index (χ4n) is 3.04. The van der Waals surface area contributed by atoms with Gasteiger partial charge in [-0.05, 0) is 35.7 Å². The lowest BCUT2D eigenvalue weighted by Gasteiger charge is -2.23. The third kappa shape index (κ3) is 5.11. The number of phenols is 1. The van der Waals surface area contributed by atoms with Gasteiger partial charge in [-0.25, -0.2) is 0 Å². The first-order valence-corrected chi connectivity index (χ1v) is 8.99. The fourth-order valence-corrected chi connectivity index (χ4v) is 3.04. The van der Waals surface area contributed by atoms with Crippen LogP contribution >= 0.6 is 0 Å². The normalized spacial score (nSPS) is 10.8. The maximum Gasteiger partial charge on any atom is 0.161 e. The molecule has 0 heterocycles. The van der Waals surface area contributed by atoms with Gasteiger partial charge in [-0.15, -0.1) is 0 Å². The SMILES string of the molecule is CCOc1cc(CN(Cc2ccccc2)Cc2ccccc2)ccc1O. The lowest BCUT2D eigenvalue weighted by Crippen LogP contribution is -2.22. The molecule has 0 aromatic heterocycles. The van der Waals surface area contributed by atoms with Crippen molar-refractivity contribution in [2.24, 2.45) is 0 Å². The van der Waals surface area contributed by atoms with Gasteiger partial charge in [0.2, 0.25) is 0 Å². The number of hydrogen-bond acceptors (Lipinski definition) is 3. The number of phenolic OH excluding ortho intramolecular Hbond substituents is 1. The minimum Gasteiger partial charge on any atom is -0.504 e. The summed E-state index contributed by atoms with van der Waals surface area (Å²) >= 11 is 0. The quantitative estimate of drug-likeness (QED) is 0.623. The van der Waals surface area contributed by atoms with E-state index in [1.54, 1.807) is 6.07 Å². The molecule has 3 aromatic carbocycles. The molecule has 0 bridgehead atoms. The molecular weight excluding hydrogens is 322 g/mol. The highest BCUT2D eigenvalue weighted by Crippen LogP contribution is 2.28. The average molecular weight is 347 g/mol. The van der Waals surface area contributed by atoms with Crippen LogP contribution in [-0.4, -0.2) is 16.6 Å². The molecule has 0 fully saturated rings. The molecule has 0 aliphatic carbocycles. The number of nitrogens with zero attached hydrogens (tertiary/aromatic N) is 1. The molecule has 0 atom stereocenters. The van der Waals surface area contributed by atoms with E-state index in [1.807, 2.05) is 31.2 Å². The standard InChI is InChI=1S/C23H25NO2/c1-2-26-23-15-21(13-14-22(23)25)18-24(16-19-9-5-3-6-10-19)17-20-11-7-4-8-12-20/h3-15,25H,2,16-18H2,1H3. The van der Waals surface area contributed by atoms with E-state index in [2.05, 4.69) is 53.4 Å². The molecule has 0 radical (unpaired) electrons. The van der Waals surface area contributed by atoms with Gasteiger partial charge in [0.15, 0.2) is 11.5 Å². The zero-order valence-electron chi connectivity index (χ0n) is 15.1. The van der Waals surface area contributed by atoms with E-state index in [4.69, 9.17) is 4.74 Å². The molecular formula is C23H25NO2. The van der Waals surface area contributed by atoms with Crippen LogP contribution < -0.4 is 4.74 Å². The van der Waals surface area contributed by atoms with E-state index in [9.17, 15) is 5.11 Å². The van der Waals surface area contributed by atoms with E-state index >= 15 is 0 Å². The summed E-state index contributed by atoms with van der Waals surface area (Å²) in [5.41, 5.74) is 3.69. The van der Waals surface area contributed by atoms with Gasteiger partial charge in [0.1, 0.15) is 0 Å². The lowest BCUT2D eigenvalue weighted by molar-refractivity contribution is 0.246. The molecule has 3 rings (SSSR count). The highest BCUT2D eigenvalue weighted by molar-refractivity contribution is 5.41. The van der Waals surface area contributed by atoms with Gasteiger partial charge < -0.3 is 9.84 Å². The van der Waals surface area contributed by atoms with Crippen molar-refractivity contribution < 1.29 is 9.84 Å². The number of rotatable bonds is 8. The van der Waals surface area contributed by atoms with E-state index in [1.165, 1.54) is 11.1 Å². The summed E-state index contributed by atoms with van der Waals surface area (Å²) in [6, 6.07) is 26.6. The molecule has 3 heteroatoms. The summed E-state index contributed by atoms with van der Waals surface area (Å²) in [4.78, 5) is 2.40. The lowest BCUT2D eigenvalue weighted by atomic mass is 10.1. The van der Waals surface area contributed by atoms with Crippen LogP contribution in [-0.2, 0) is 19.6 Å². The van der Waals surface area contributed by atoms with E-state index < -0.39 is 0 Å². The maximum atomic E-state index is 9.93. The van der Waals surface area contributed by atoms with E-state index in [0.29, 0.717) is 12.4 Å². The van der Waals surface area contributed by atoms with Gasteiger partial charge in [0.25, 0.3) is 0 Å². The van der Waals surface area contributed by atoms with Crippen molar-refractivity contribution in [3.8, 4) is 11.5 Å². The Balaban J connectivity index is 1.79. The Morgan fingerprint density at radius 1 is 0.731 bits per heavy atom. The van der Waals surface area contributed by atoms with Gasteiger partial charge in [-0.2, -0.15) is 0 Å². The second kappa shape index (κ2) is 9.07. The van der Waals surface area contributed by atoms with Crippen LogP contribution in [0.4, 0.5) is 0 Å². The molecule has 0 spiro atoms. The minimum atomic E-state index is 0.188. The van der Waals surface area contributed by atoms with Crippen molar-refractivity contribution in [3.05, 3.63) is 95.6 Å². The topological polar surface area (TPSA) is 32.7 Å². The molecule has 0 saturated heterocycles. The fraction of sp³-hybridized carbons (Fsp3) is 0.217. The Labute approximate surface area is 155 Å². The minimum absolute atomic E-state index is 0.188. The second-order valence-electron chi connectivity index (χ2n) is 6.35. The van der Waals surface area contributed by atoms with Crippen molar-refractivity contribution in [2.45, 2.75) is 26.6 Å². The zero-order chi connectivity index (χ0) is 18.2. The molecule has 134 valence electrons. The Hall–Kier alpha value is -2.78. The van der Waals surface area contributed by atoms with Crippen LogP contribution in [0.2, 0.25) is 0 Å². The smallest absolute Gasteiger partial charge is 0.161 e. The Morgan fingerprint density at radius 2 is 1.27 bits per heavy atom. The maximum absolute atomic E-state index is 9.93. The monoisotopic (exact) mass is 347 g/mol. The Kier molecular flexibility index (Phi) is 6.29. The summed E-state index contributed by atoms with van der Waals surface area (Å²) in [5, 5.41) is 9.93. The molecule has 3 aromatic rings. The molecule has 0 saturated carbocycles. The Bertz CT molecular complexity index is 761. The number of hydrogen-bond donors (Lipinski definition) is 1. The van der Waals surface area contributed by atoms with Gasteiger partial charge >= 0.3 is 0 Å². The van der Waals surface area contributed by atoms with Crippen LogP contribution in [0.15, 0.2) is 78.9 Å². The van der Waals surface area contributed by atoms with Gasteiger partial charge in [0.05, 0.1) is 6.61 Å². The van der Waals surface area contributed by atoms with Crippen molar-refractivity contribution in [1.29, 1.82) is 0 Å². The van der Waals surface area contributed by atoms with Crippen LogP contribution in [0.1, 0.15) is 23.6 Å². The first-order valence-electron chi connectivity index (χ1n) is 8.99. The molecule has 0 amide bonds. The number of ether oxygens (including phenoxy) is 1. The third-order valence-corrected chi connectivity index (χ3v) is 4.23. The number of benzene rings is 3. The van der Waals surface area contributed by atoms with E-state index in [-0.39, 0.29) is 5.75 Å². The van der Waals surface area contributed by atoms with E-state index in [0.717, 1.165) is 25.2 Å². The largest absolute Gasteiger partial charge is 0.504 e. The van der Waals surface area contributed by atoms with Crippen molar-refractivity contribution in [2.75, 3.05) is 6.61 Å². The molecule has 0 unspecified atom stereocenters. The Morgan fingerprint density at radius 3 is 1.81 bits per heavy atom. The summed E-state index contributed by atoms with van der Waals surface area (Å²) < 4.78 is 5.53. The van der Waals surface area contributed by atoms with Gasteiger partial charge in [-0.3, -0.25) is 4.90 Å². The predicted molar refractivity (Wildman–Crippen MR) is 105 cm³/mol. The first-order chi connectivity index (χ1) is 12.7. The summed E-state index contributed by atoms with van der Waals surface area (Å²) in [7, 11) is 0. The highest BCUT2D eigenvalue weighted by Gasteiger charge is 2.11. The molecule has 3 nitrogen and oxygen atoms in total. The van der Waals surface area contributed by atoms with Crippen LogP contribution in [0.3, 0.4) is 0 Å². The molecule has 26 heavy (non-hydrogen) atoms. The van der Waals surface area contributed by atoms with Gasteiger partial charge in [-0.1, -0.05) is 66.7 Å². The van der Waals surface area contributed by atoms with Gasteiger partial charge in [0, 0.05) is 19.6 Å². The highest BCUT2D eigenvalue weighted by atomic mass is 16.5. The predicted octanol–water partition coefficient (Wildman–Crippen LogP) is 4.99. The van der Waals surface area contributed by atoms with Crippen LogP contribution in [0, 0.1) is 0 Å². The average Bonchev–Trinajstić information content (AvgIpc) is 2.66. The summed E-state index contributed by atoms with van der Waals surface area (Å²) in [6.45, 7) is 4.96. The second-order valence-corrected chi connectivity index (χ2v) is 6.35. The molecule has 0 aliphatic rings. The van der Waals surface area contributed by atoms with Crippen molar-refractivity contribution in [3.63, 3.8) is 0 Å². The number of aromatic hydroxyl groups is 1. The summed E-state index contributed by atoms with van der Waals surface area (Å²) in [6.07, 6.45) is 0. The molecule has 0 aliphatic heterocycles. The van der Waals surface area contributed by atoms with Crippen molar-refractivity contribution in [1.82, 2.24) is 4.90 Å². The van der Waals surface area contributed by atoms with Crippen LogP contribution in [0.25, 0.3) is 0 Å². The summed E-state index contributed by atoms with van der Waals surface area (Å²) in [5.74, 6) is 0.734. The zero-order valence-corrected chi connectivity index (χ0v) is 15.1.